The van der Waals surface area contributed by atoms with E-state index in [0.717, 1.165) is 6.20 Å². The monoisotopic (exact) mass is 220 g/mol. The number of halogens is 3. The van der Waals surface area contributed by atoms with Crippen LogP contribution in [0.2, 0.25) is 0 Å². The quantitative estimate of drug-likeness (QED) is 0.818. The fourth-order valence-electron chi connectivity index (χ4n) is 1.06. The first-order chi connectivity index (χ1) is 7.13. The second-order valence-electron chi connectivity index (χ2n) is 2.85. The van der Waals surface area contributed by atoms with Gasteiger partial charge in [0, 0.05) is 12.1 Å². The average Bonchev–Trinajstić information content (AvgIpc) is 2.17. The van der Waals surface area contributed by atoms with Crippen molar-refractivity contribution in [1.82, 2.24) is 10.3 Å². The minimum Gasteiger partial charge on any atom is -0.471 e. The number of alkyl halides is 2. The third kappa shape index (κ3) is 3.75. The van der Waals surface area contributed by atoms with Gasteiger partial charge in [0.05, 0.1) is 6.20 Å². The zero-order chi connectivity index (χ0) is 11.3. The SMILES string of the molecule is CNCc1cc(F)cnc1OCC(F)F. The Hall–Kier alpha value is -1.30. The molecular formula is C9H11F3N2O. The maximum atomic E-state index is 12.8. The van der Waals surface area contributed by atoms with Gasteiger partial charge in [-0.1, -0.05) is 0 Å². The van der Waals surface area contributed by atoms with Crippen LogP contribution in [-0.4, -0.2) is 25.1 Å². The lowest BCUT2D eigenvalue weighted by Crippen LogP contribution is -2.13. The molecule has 0 aliphatic heterocycles. The Morgan fingerprint density at radius 1 is 1.53 bits per heavy atom. The molecule has 0 spiro atoms. The Kier molecular flexibility index (Phi) is 4.36. The van der Waals surface area contributed by atoms with Crippen LogP contribution in [0, 0.1) is 5.82 Å². The molecule has 0 unspecified atom stereocenters. The van der Waals surface area contributed by atoms with E-state index in [0.29, 0.717) is 12.1 Å². The maximum Gasteiger partial charge on any atom is 0.272 e. The van der Waals surface area contributed by atoms with Crippen LogP contribution in [-0.2, 0) is 6.54 Å². The van der Waals surface area contributed by atoms with Crippen LogP contribution in [0.15, 0.2) is 12.3 Å². The summed E-state index contributed by atoms with van der Waals surface area (Å²) in [6.07, 6.45) is -1.64. The van der Waals surface area contributed by atoms with Crippen molar-refractivity contribution in [2.75, 3.05) is 13.7 Å². The highest BCUT2D eigenvalue weighted by Crippen LogP contribution is 2.16. The van der Waals surface area contributed by atoms with Gasteiger partial charge in [0.15, 0.2) is 6.61 Å². The molecule has 0 saturated heterocycles. The lowest BCUT2D eigenvalue weighted by atomic mass is 10.2. The number of nitrogens with one attached hydrogen (secondary N) is 1. The number of rotatable bonds is 5. The Morgan fingerprint density at radius 2 is 2.27 bits per heavy atom. The molecule has 0 aromatic carbocycles. The van der Waals surface area contributed by atoms with E-state index in [1.807, 2.05) is 0 Å². The Balaban J connectivity index is 2.76. The number of aromatic nitrogens is 1. The lowest BCUT2D eigenvalue weighted by Gasteiger charge is -2.09. The molecule has 1 rings (SSSR count). The molecule has 0 aliphatic rings. The van der Waals surface area contributed by atoms with Gasteiger partial charge in [-0.05, 0) is 13.1 Å². The van der Waals surface area contributed by atoms with Gasteiger partial charge in [-0.15, -0.1) is 0 Å². The predicted octanol–water partition coefficient (Wildman–Crippen LogP) is 1.58. The highest BCUT2D eigenvalue weighted by atomic mass is 19.3. The molecule has 0 bridgehead atoms. The van der Waals surface area contributed by atoms with Crippen LogP contribution in [0.3, 0.4) is 0 Å². The molecular weight excluding hydrogens is 209 g/mol. The summed E-state index contributed by atoms with van der Waals surface area (Å²) < 4.78 is 41.3. The number of hydrogen-bond acceptors (Lipinski definition) is 3. The number of ether oxygens (including phenoxy) is 1. The Morgan fingerprint density at radius 3 is 2.87 bits per heavy atom. The molecule has 6 heteroatoms. The maximum absolute atomic E-state index is 12.8. The van der Waals surface area contributed by atoms with E-state index in [-0.39, 0.29) is 5.88 Å². The molecule has 1 aromatic rings. The first kappa shape index (κ1) is 11.8. The Labute approximate surface area is 85.3 Å². The van der Waals surface area contributed by atoms with Crippen LogP contribution in [0.4, 0.5) is 13.2 Å². The minimum atomic E-state index is -2.57. The largest absolute Gasteiger partial charge is 0.471 e. The summed E-state index contributed by atoms with van der Waals surface area (Å²) >= 11 is 0. The van der Waals surface area contributed by atoms with E-state index < -0.39 is 18.8 Å². The van der Waals surface area contributed by atoms with Gasteiger partial charge in [-0.3, -0.25) is 0 Å². The van der Waals surface area contributed by atoms with Gasteiger partial charge in [0.2, 0.25) is 5.88 Å². The average molecular weight is 220 g/mol. The topological polar surface area (TPSA) is 34.2 Å². The summed E-state index contributed by atoms with van der Waals surface area (Å²) in [7, 11) is 1.65. The smallest absolute Gasteiger partial charge is 0.272 e. The van der Waals surface area contributed by atoms with Crippen LogP contribution in [0.5, 0.6) is 5.88 Å². The van der Waals surface area contributed by atoms with Crippen LogP contribution in [0.1, 0.15) is 5.56 Å². The van der Waals surface area contributed by atoms with Crippen molar-refractivity contribution < 1.29 is 17.9 Å². The molecule has 0 aliphatic carbocycles. The Bertz CT molecular complexity index is 320. The molecule has 0 radical (unpaired) electrons. The molecule has 15 heavy (non-hydrogen) atoms. The van der Waals surface area contributed by atoms with Crippen molar-refractivity contribution >= 4 is 0 Å². The van der Waals surface area contributed by atoms with E-state index in [2.05, 4.69) is 10.3 Å². The molecule has 0 amide bonds. The normalized spacial score (nSPS) is 10.7. The molecule has 0 saturated carbocycles. The van der Waals surface area contributed by atoms with Crippen molar-refractivity contribution in [3.63, 3.8) is 0 Å². The number of pyridine rings is 1. The number of hydrogen-bond donors (Lipinski definition) is 1. The van der Waals surface area contributed by atoms with E-state index in [1.54, 1.807) is 7.05 Å². The van der Waals surface area contributed by atoms with Crippen molar-refractivity contribution in [2.45, 2.75) is 13.0 Å². The standard InChI is InChI=1S/C9H11F3N2O/c1-13-3-6-2-7(10)4-14-9(6)15-5-8(11)12/h2,4,8,13H,3,5H2,1H3. The summed E-state index contributed by atoms with van der Waals surface area (Å²) in [5.41, 5.74) is 0.415. The second-order valence-corrected chi connectivity index (χ2v) is 2.85. The molecule has 0 atom stereocenters. The molecule has 1 aromatic heterocycles. The van der Waals surface area contributed by atoms with Crippen LogP contribution in [0.25, 0.3) is 0 Å². The summed E-state index contributed by atoms with van der Waals surface area (Å²) in [5.74, 6) is -0.490. The van der Waals surface area contributed by atoms with Crippen molar-refractivity contribution in [3.8, 4) is 5.88 Å². The first-order valence-corrected chi connectivity index (χ1v) is 4.33. The van der Waals surface area contributed by atoms with Gasteiger partial charge in [0.1, 0.15) is 5.82 Å². The van der Waals surface area contributed by atoms with Gasteiger partial charge in [0.25, 0.3) is 6.43 Å². The van der Waals surface area contributed by atoms with Gasteiger partial charge in [-0.25, -0.2) is 18.2 Å². The van der Waals surface area contributed by atoms with Gasteiger partial charge in [-0.2, -0.15) is 0 Å². The lowest BCUT2D eigenvalue weighted by molar-refractivity contribution is 0.0789. The molecule has 3 nitrogen and oxygen atoms in total. The zero-order valence-electron chi connectivity index (χ0n) is 8.14. The van der Waals surface area contributed by atoms with Gasteiger partial charge >= 0.3 is 0 Å². The molecule has 1 N–H and O–H groups in total. The summed E-state index contributed by atoms with van der Waals surface area (Å²) in [6.45, 7) is -0.432. The van der Waals surface area contributed by atoms with E-state index in [4.69, 9.17) is 4.74 Å². The molecule has 1 heterocycles. The van der Waals surface area contributed by atoms with Gasteiger partial charge < -0.3 is 10.1 Å². The fourth-order valence-corrected chi connectivity index (χ4v) is 1.06. The van der Waals surface area contributed by atoms with E-state index in [9.17, 15) is 13.2 Å². The predicted molar refractivity (Wildman–Crippen MR) is 48.5 cm³/mol. The summed E-state index contributed by atoms with van der Waals surface area (Å²) in [4.78, 5) is 3.60. The molecule has 84 valence electrons. The second kappa shape index (κ2) is 5.55. The van der Waals surface area contributed by atoms with Crippen LogP contribution < -0.4 is 10.1 Å². The first-order valence-electron chi connectivity index (χ1n) is 4.33. The van der Waals surface area contributed by atoms with Crippen molar-refractivity contribution in [3.05, 3.63) is 23.6 Å². The molecule has 0 fully saturated rings. The van der Waals surface area contributed by atoms with Crippen molar-refractivity contribution in [2.24, 2.45) is 0 Å². The fraction of sp³-hybridized carbons (Fsp3) is 0.444. The zero-order valence-corrected chi connectivity index (χ0v) is 8.14. The highest BCUT2D eigenvalue weighted by molar-refractivity contribution is 5.25. The summed E-state index contributed by atoms with van der Waals surface area (Å²) in [6, 6.07) is 1.20. The third-order valence-corrected chi connectivity index (χ3v) is 1.61. The van der Waals surface area contributed by atoms with Crippen LogP contribution >= 0.6 is 0 Å². The highest BCUT2D eigenvalue weighted by Gasteiger charge is 2.09. The summed E-state index contributed by atoms with van der Waals surface area (Å²) in [5, 5.41) is 2.77. The van der Waals surface area contributed by atoms with E-state index in [1.165, 1.54) is 6.07 Å². The third-order valence-electron chi connectivity index (χ3n) is 1.61. The van der Waals surface area contributed by atoms with Crippen molar-refractivity contribution in [1.29, 1.82) is 0 Å². The number of nitrogens with zero attached hydrogens (tertiary/aromatic N) is 1. The minimum absolute atomic E-state index is 0.0334. The van der Waals surface area contributed by atoms with E-state index >= 15 is 0 Å².